The van der Waals surface area contributed by atoms with Crippen LogP contribution in [0.25, 0.3) is 0 Å². The summed E-state index contributed by atoms with van der Waals surface area (Å²) < 4.78 is 33.6. The second-order valence-corrected chi connectivity index (χ2v) is 35.7. The fraction of sp³-hybridized carbons (Fsp3) is 0.972. The van der Waals surface area contributed by atoms with Crippen LogP contribution in [0.4, 0.5) is 0 Å². The molecule has 0 bridgehead atoms. The molecule has 1 unspecified atom stereocenters. The summed E-state index contributed by atoms with van der Waals surface area (Å²) >= 11 is 0. The first kappa shape index (κ1) is 45.2. The van der Waals surface area contributed by atoms with Crippen LogP contribution in [0, 0.1) is 0 Å². The minimum absolute atomic E-state index is 0.131. The lowest BCUT2D eigenvalue weighted by Gasteiger charge is -2.51. The van der Waals surface area contributed by atoms with E-state index in [0.717, 1.165) is 12.8 Å². The zero-order valence-corrected chi connectivity index (χ0v) is 37.4. The molecule has 1 aliphatic heterocycles. The Morgan fingerprint density at radius 1 is 0.489 bits per heavy atom. The molecule has 0 saturated carbocycles. The number of hydrogen-bond acceptors (Lipinski definition) is 6. The molecule has 1 N–H and O–H groups in total. The maximum absolute atomic E-state index is 13.8. The number of amides is 1. The second-order valence-electron chi connectivity index (χ2n) is 17.8. The third-order valence-electron chi connectivity index (χ3n) is 8.02. The number of ether oxygens (including phenoxy) is 1. The van der Waals surface area contributed by atoms with Gasteiger partial charge in [0, 0.05) is 6.54 Å². The Labute approximate surface area is 296 Å². The highest BCUT2D eigenvalue weighted by Crippen LogP contribution is 2.35. The van der Waals surface area contributed by atoms with Crippen LogP contribution < -0.4 is 5.32 Å². The van der Waals surface area contributed by atoms with Gasteiger partial charge in [0.15, 0.2) is 45.7 Å². The molecule has 1 saturated heterocycles. The Kier molecular flexibility index (Phi) is 21.3. The average molecular weight is 734 g/mol. The van der Waals surface area contributed by atoms with Crippen molar-refractivity contribution >= 4 is 39.2 Å². The van der Waals surface area contributed by atoms with Crippen LogP contribution in [0.2, 0.25) is 78.6 Å². The summed E-state index contributed by atoms with van der Waals surface area (Å²) in [6.07, 6.45) is 18.4. The molecule has 0 aromatic carbocycles. The largest absolute Gasteiger partial charge is 0.409 e. The van der Waals surface area contributed by atoms with E-state index in [2.05, 4.69) is 90.8 Å². The summed E-state index contributed by atoms with van der Waals surface area (Å²) in [5.74, 6) is -0.131. The maximum Gasteiger partial charge on any atom is 0.252 e. The van der Waals surface area contributed by atoms with E-state index in [1.807, 2.05) is 0 Å². The maximum atomic E-state index is 13.8. The summed E-state index contributed by atoms with van der Waals surface area (Å²) in [6, 6.07) is 0. The summed E-state index contributed by atoms with van der Waals surface area (Å²) in [7, 11) is -8.22. The van der Waals surface area contributed by atoms with Crippen molar-refractivity contribution in [3.8, 4) is 0 Å². The van der Waals surface area contributed by atoms with Crippen LogP contribution in [0.5, 0.6) is 0 Å². The van der Waals surface area contributed by atoms with Gasteiger partial charge < -0.3 is 27.8 Å². The van der Waals surface area contributed by atoms with Gasteiger partial charge >= 0.3 is 0 Å². The fourth-order valence-electron chi connectivity index (χ4n) is 6.06. The van der Waals surface area contributed by atoms with Gasteiger partial charge in [-0.1, -0.05) is 103 Å². The number of carbonyl (C=O) groups is 1. The Morgan fingerprint density at radius 2 is 0.830 bits per heavy atom. The molecule has 0 radical (unpaired) electrons. The van der Waals surface area contributed by atoms with Crippen LogP contribution in [0.1, 0.15) is 110 Å². The predicted octanol–water partition coefficient (Wildman–Crippen LogP) is 10.6. The van der Waals surface area contributed by atoms with Gasteiger partial charge in [0.2, 0.25) is 0 Å². The van der Waals surface area contributed by atoms with Crippen molar-refractivity contribution in [1.29, 1.82) is 0 Å². The van der Waals surface area contributed by atoms with Crippen LogP contribution in [0.15, 0.2) is 0 Å². The lowest BCUT2D eigenvalue weighted by Crippen LogP contribution is -2.68. The molecule has 11 heteroatoms. The SMILES string of the molecule is CCCCCCCCCCCCCCCCCCNC(=O)[C@H]1OC(O[Si](C)(C)C)[C@H](O[Si](C)(C)C)[C@@H](O[Si](C)(C)C)[C@@H]1O[Si](C)(C)C. The van der Waals surface area contributed by atoms with E-state index in [0.29, 0.717) is 6.54 Å². The molecule has 0 spiro atoms. The smallest absolute Gasteiger partial charge is 0.252 e. The molecule has 1 fully saturated rings. The van der Waals surface area contributed by atoms with E-state index in [1.165, 1.54) is 89.9 Å². The normalized spacial score (nSPS) is 22.9. The quantitative estimate of drug-likeness (QED) is 0.0705. The number of hydrogen-bond donors (Lipinski definition) is 1. The minimum Gasteiger partial charge on any atom is -0.409 e. The standard InChI is InChI=1S/C36H79NO6Si4/c1-14-15-16-17-18-19-20-21-22-23-24-25-26-27-28-29-30-37-35(38)33-31(40-44(2,3)4)32(41-45(5,6)7)34(42-46(8,9)10)36(39-33)43-47(11,12)13/h31-34,36H,14-30H2,1-13H3,(H,37,38)/t31-,32-,33-,34+,36?/m0/s1. The molecule has 0 aromatic rings. The van der Waals surface area contributed by atoms with Crippen molar-refractivity contribution in [2.75, 3.05) is 6.54 Å². The predicted molar refractivity (Wildman–Crippen MR) is 210 cm³/mol. The highest BCUT2D eigenvalue weighted by atomic mass is 28.4. The molecule has 0 aliphatic carbocycles. The number of carbonyl (C=O) groups excluding carboxylic acids is 1. The van der Waals surface area contributed by atoms with E-state index in [-0.39, 0.29) is 5.91 Å². The van der Waals surface area contributed by atoms with Gasteiger partial charge in [0.1, 0.15) is 18.3 Å². The molecular formula is C36H79NO6Si4. The molecule has 5 atom stereocenters. The first-order chi connectivity index (χ1) is 21.7. The van der Waals surface area contributed by atoms with E-state index in [4.69, 9.17) is 22.4 Å². The third-order valence-corrected chi connectivity index (χ3v) is 11.9. The molecule has 0 aromatic heterocycles. The zero-order valence-electron chi connectivity index (χ0n) is 33.4. The number of unbranched alkanes of at least 4 members (excludes halogenated alkanes) is 15. The second kappa shape index (κ2) is 22.2. The zero-order chi connectivity index (χ0) is 35.7. The highest BCUT2D eigenvalue weighted by Gasteiger charge is 2.54. The van der Waals surface area contributed by atoms with Crippen LogP contribution in [0.3, 0.4) is 0 Å². The van der Waals surface area contributed by atoms with Crippen LogP contribution in [-0.2, 0) is 27.2 Å². The van der Waals surface area contributed by atoms with Gasteiger partial charge in [-0.25, -0.2) is 0 Å². The van der Waals surface area contributed by atoms with Gasteiger partial charge in [-0.2, -0.15) is 0 Å². The van der Waals surface area contributed by atoms with Gasteiger partial charge in [0.25, 0.3) is 5.91 Å². The Balaban J connectivity index is 2.69. The molecule has 1 heterocycles. The molecule has 1 rings (SSSR count). The van der Waals surface area contributed by atoms with Crippen molar-refractivity contribution in [2.24, 2.45) is 0 Å². The lowest BCUT2D eigenvalue weighted by atomic mass is 9.98. The topological polar surface area (TPSA) is 75.3 Å². The van der Waals surface area contributed by atoms with E-state index in [9.17, 15) is 4.79 Å². The highest BCUT2D eigenvalue weighted by molar-refractivity contribution is 6.71. The van der Waals surface area contributed by atoms with Gasteiger partial charge in [-0.05, 0) is 85.0 Å². The molecule has 1 aliphatic rings. The van der Waals surface area contributed by atoms with Crippen molar-refractivity contribution in [3.63, 3.8) is 0 Å². The average Bonchev–Trinajstić information content (AvgIpc) is 2.90. The van der Waals surface area contributed by atoms with E-state index < -0.39 is 64.0 Å². The van der Waals surface area contributed by atoms with Gasteiger partial charge in [-0.15, -0.1) is 0 Å². The first-order valence-corrected chi connectivity index (χ1v) is 33.0. The lowest BCUT2D eigenvalue weighted by molar-refractivity contribution is -0.258. The van der Waals surface area contributed by atoms with Crippen molar-refractivity contribution < 1.29 is 27.2 Å². The fourth-order valence-corrected chi connectivity index (χ4v) is 10.2. The number of nitrogens with one attached hydrogen (secondary N) is 1. The van der Waals surface area contributed by atoms with Gasteiger partial charge in [-0.3, -0.25) is 4.79 Å². The van der Waals surface area contributed by atoms with E-state index >= 15 is 0 Å². The van der Waals surface area contributed by atoms with Crippen molar-refractivity contribution in [2.45, 2.75) is 219 Å². The Bertz CT molecular complexity index is 837. The van der Waals surface area contributed by atoms with Crippen LogP contribution in [-0.4, -0.2) is 76.4 Å². The molecule has 7 nitrogen and oxygen atoms in total. The van der Waals surface area contributed by atoms with Gasteiger partial charge in [0.05, 0.1) is 0 Å². The van der Waals surface area contributed by atoms with Crippen LogP contribution >= 0.6 is 0 Å². The minimum atomic E-state index is -2.09. The van der Waals surface area contributed by atoms with E-state index in [1.54, 1.807) is 0 Å². The third kappa shape index (κ3) is 22.5. The molecule has 1 amide bonds. The molecule has 280 valence electrons. The Hall–Kier alpha value is 0.138. The van der Waals surface area contributed by atoms with Crippen molar-refractivity contribution in [1.82, 2.24) is 5.32 Å². The summed E-state index contributed by atoms with van der Waals surface area (Å²) in [5, 5.41) is 3.20. The summed E-state index contributed by atoms with van der Waals surface area (Å²) in [5.41, 5.74) is 0. The number of rotatable bonds is 26. The monoisotopic (exact) mass is 733 g/mol. The summed E-state index contributed by atoms with van der Waals surface area (Å²) in [4.78, 5) is 13.8. The Morgan fingerprint density at radius 3 is 1.21 bits per heavy atom. The van der Waals surface area contributed by atoms with Crippen molar-refractivity contribution in [3.05, 3.63) is 0 Å². The first-order valence-electron chi connectivity index (χ1n) is 19.4. The molecular weight excluding hydrogens is 655 g/mol. The summed E-state index contributed by atoms with van der Waals surface area (Å²) in [6.45, 7) is 28.9. The molecule has 47 heavy (non-hydrogen) atoms.